The Morgan fingerprint density at radius 3 is 2.44 bits per heavy atom. The fourth-order valence-electron chi connectivity index (χ4n) is 3.46. The number of aromatic nitrogens is 3. The van der Waals surface area contributed by atoms with Gasteiger partial charge in [-0.3, -0.25) is 0 Å². The number of aliphatic hydroxyl groups is 1. The summed E-state index contributed by atoms with van der Waals surface area (Å²) in [6.07, 6.45) is -0.684. The van der Waals surface area contributed by atoms with E-state index in [1.165, 1.54) is 12.1 Å². The summed E-state index contributed by atoms with van der Waals surface area (Å²) in [6, 6.07) is 21.4. The van der Waals surface area contributed by atoms with Gasteiger partial charge < -0.3 is 24.6 Å². The molecule has 0 amide bonds. The highest BCUT2D eigenvalue weighted by atomic mass is 19.1. The summed E-state index contributed by atoms with van der Waals surface area (Å²) >= 11 is 0. The zero-order chi connectivity index (χ0) is 25.3. The van der Waals surface area contributed by atoms with E-state index < -0.39 is 6.10 Å². The number of anilines is 1. The molecule has 0 bridgehead atoms. The number of halogens is 1. The number of hydrogen-bond acceptors (Lipinski definition) is 7. The van der Waals surface area contributed by atoms with Crippen LogP contribution in [0.2, 0.25) is 0 Å². The zero-order valence-electron chi connectivity index (χ0n) is 20.2. The average molecular weight is 493 g/mol. The van der Waals surface area contributed by atoms with Gasteiger partial charge in [0.25, 0.3) is 0 Å². The molecule has 1 atom stereocenters. The minimum atomic E-state index is -0.684. The van der Waals surface area contributed by atoms with Crippen LogP contribution in [-0.2, 0) is 4.74 Å². The maximum absolute atomic E-state index is 13.4. The van der Waals surface area contributed by atoms with E-state index in [1.54, 1.807) is 23.9 Å². The van der Waals surface area contributed by atoms with Gasteiger partial charge in [0.05, 0.1) is 12.3 Å². The second-order valence-corrected chi connectivity index (χ2v) is 8.14. The first-order valence-electron chi connectivity index (χ1n) is 11.6. The summed E-state index contributed by atoms with van der Waals surface area (Å²) in [5.74, 6) is 0.950. The highest BCUT2D eigenvalue weighted by Crippen LogP contribution is 2.25. The van der Waals surface area contributed by atoms with Crippen LogP contribution >= 0.6 is 0 Å². The summed E-state index contributed by atoms with van der Waals surface area (Å²) in [5.41, 5.74) is 3.30. The lowest BCUT2D eigenvalue weighted by atomic mass is 10.2. The molecule has 0 radical (unpaired) electrons. The lowest BCUT2D eigenvalue weighted by Crippen LogP contribution is -2.26. The maximum atomic E-state index is 13.4. The normalized spacial score (nSPS) is 11.8. The quantitative estimate of drug-likeness (QED) is 0.286. The molecular weight excluding hydrogens is 463 g/mol. The summed E-state index contributed by atoms with van der Waals surface area (Å²) in [6.45, 7) is 3.19. The smallest absolute Gasteiger partial charge is 0.336 e. The fourth-order valence-corrected chi connectivity index (χ4v) is 3.46. The van der Waals surface area contributed by atoms with Gasteiger partial charge in [0.15, 0.2) is 5.82 Å². The van der Waals surface area contributed by atoms with Gasteiger partial charge >= 0.3 is 6.01 Å². The van der Waals surface area contributed by atoms with Crippen molar-refractivity contribution in [2.24, 2.45) is 0 Å². The molecule has 0 aliphatic rings. The first-order valence-corrected chi connectivity index (χ1v) is 11.6. The van der Waals surface area contributed by atoms with Crippen LogP contribution in [0.15, 0.2) is 72.8 Å². The number of nitrogens with one attached hydrogen (secondary N) is 1. The number of methoxy groups -OCH3 is 1. The number of aliphatic hydroxyl groups excluding tert-OH is 1. The summed E-state index contributed by atoms with van der Waals surface area (Å²) in [5, 5.41) is 18.0. The molecule has 8 nitrogen and oxygen atoms in total. The van der Waals surface area contributed by atoms with Crippen molar-refractivity contribution in [3.8, 4) is 28.8 Å². The number of nitrogens with zero attached hydrogens (tertiary/aromatic N) is 3. The maximum Gasteiger partial charge on any atom is 0.336 e. The van der Waals surface area contributed by atoms with Crippen LogP contribution in [0.4, 0.5) is 10.1 Å². The van der Waals surface area contributed by atoms with Crippen molar-refractivity contribution in [3.05, 3.63) is 84.2 Å². The predicted molar refractivity (Wildman–Crippen MR) is 135 cm³/mol. The first-order chi connectivity index (χ1) is 17.5. The first kappa shape index (κ1) is 25.2. The molecular formula is C27H29FN4O4. The van der Waals surface area contributed by atoms with Crippen LogP contribution in [0.1, 0.15) is 5.56 Å². The summed E-state index contributed by atoms with van der Waals surface area (Å²) < 4.78 is 31.4. The molecule has 188 valence electrons. The van der Waals surface area contributed by atoms with Crippen molar-refractivity contribution in [1.29, 1.82) is 0 Å². The minimum absolute atomic E-state index is 0.182. The second-order valence-electron chi connectivity index (χ2n) is 8.14. The number of hydrogen-bond donors (Lipinski definition) is 2. The van der Waals surface area contributed by atoms with E-state index in [0.29, 0.717) is 31.1 Å². The van der Waals surface area contributed by atoms with Gasteiger partial charge in [-0.1, -0.05) is 18.2 Å². The molecule has 0 fully saturated rings. The zero-order valence-corrected chi connectivity index (χ0v) is 20.2. The van der Waals surface area contributed by atoms with Crippen molar-refractivity contribution >= 4 is 5.69 Å². The number of benzene rings is 3. The highest BCUT2D eigenvalue weighted by Gasteiger charge is 2.15. The third-order valence-corrected chi connectivity index (χ3v) is 5.39. The predicted octanol–water partition coefficient (Wildman–Crippen LogP) is 4.26. The fraction of sp³-hybridized carbons (Fsp3) is 0.259. The molecule has 4 aromatic rings. The van der Waals surface area contributed by atoms with Gasteiger partial charge in [0.2, 0.25) is 0 Å². The van der Waals surface area contributed by atoms with Gasteiger partial charge in [-0.2, -0.15) is 4.98 Å². The topological polar surface area (TPSA) is 90.7 Å². The van der Waals surface area contributed by atoms with Crippen molar-refractivity contribution in [2.75, 3.05) is 38.8 Å². The Morgan fingerprint density at radius 1 is 0.972 bits per heavy atom. The van der Waals surface area contributed by atoms with Gasteiger partial charge in [-0.05, 0) is 67.1 Å². The Balaban J connectivity index is 1.42. The van der Waals surface area contributed by atoms with Crippen LogP contribution < -0.4 is 14.8 Å². The number of ether oxygens (including phenoxy) is 3. The van der Waals surface area contributed by atoms with Crippen molar-refractivity contribution in [1.82, 2.24) is 14.8 Å². The monoisotopic (exact) mass is 492 g/mol. The Morgan fingerprint density at radius 2 is 1.72 bits per heavy atom. The molecule has 9 heteroatoms. The molecule has 4 rings (SSSR count). The molecule has 0 spiro atoms. The third-order valence-electron chi connectivity index (χ3n) is 5.39. The van der Waals surface area contributed by atoms with E-state index in [2.05, 4.69) is 15.4 Å². The lowest BCUT2D eigenvalue weighted by molar-refractivity contribution is 0.117. The molecule has 2 N–H and O–H groups in total. The Kier molecular flexibility index (Phi) is 8.48. The van der Waals surface area contributed by atoms with E-state index in [4.69, 9.17) is 14.2 Å². The number of para-hydroxylation sites is 1. The molecule has 0 aliphatic heterocycles. The van der Waals surface area contributed by atoms with E-state index in [0.717, 1.165) is 22.7 Å². The van der Waals surface area contributed by atoms with Gasteiger partial charge in [0, 0.05) is 24.9 Å². The molecule has 0 saturated carbocycles. The molecule has 1 aromatic heterocycles. The molecule has 1 heterocycles. The van der Waals surface area contributed by atoms with Crippen LogP contribution in [0.25, 0.3) is 17.1 Å². The molecule has 0 aliphatic carbocycles. The molecule has 36 heavy (non-hydrogen) atoms. The molecule has 1 unspecified atom stereocenters. The minimum Gasteiger partial charge on any atom is -0.491 e. The third kappa shape index (κ3) is 6.59. The Hall–Kier alpha value is -3.95. The second kappa shape index (κ2) is 12.1. The van der Waals surface area contributed by atoms with E-state index >= 15 is 0 Å². The Bertz CT molecular complexity index is 1250. The lowest BCUT2D eigenvalue weighted by Gasteiger charge is -2.15. The van der Waals surface area contributed by atoms with Gasteiger partial charge in [0.1, 0.15) is 30.9 Å². The molecule has 0 saturated heterocycles. The largest absolute Gasteiger partial charge is 0.491 e. The average Bonchev–Trinajstić information content (AvgIpc) is 3.32. The molecule has 3 aromatic carbocycles. The summed E-state index contributed by atoms with van der Waals surface area (Å²) in [4.78, 5) is 4.48. The van der Waals surface area contributed by atoms with E-state index in [-0.39, 0.29) is 18.4 Å². The van der Waals surface area contributed by atoms with Crippen LogP contribution in [0.5, 0.6) is 11.8 Å². The van der Waals surface area contributed by atoms with Gasteiger partial charge in [-0.15, -0.1) is 5.10 Å². The standard InChI is InChI=1S/C27H29FN4O4/c1-19-5-3-4-6-25(19)36-18-24(33)17-29-22-11-13-23(14-12-22)32-26(20-7-9-21(28)10-8-20)30-27(31-32)35-16-15-34-2/h3-14,24,29,33H,15-18H2,1-2H3. The summed E-state index contributed by atoms with van der Waals surface area (Å²) in [7, 11) is 1.59. The van der Waals surface area contributed by atoms with Crippen LogP contribution in [0, 0.1) is 12.7 Å². The highest BCUT2D eigenvalue weighted by molar-refractivity contribution is 5.59. The van der Waals surface area contributed by atoms with E-state index in [1.807, 2.05) is 55.5 Å². The van der Waals surface area contributed by atoms with Crippen LogP contribution in [0.3, 0.4) is 0 Å². The van der Waals surface area contributed by atoms with E-state index in [9.17, 15) is 9.50 Å². The SMILES string of the molecule is COCCOc1nc(-c2ccc(F)cc2)n(-c2ccc(NCC(O)COc3ccccc3C)cc2)n1. The van der Waals surface area contributed by atoms with Crippen molar-refractivity contribution in [3.63, 3.8) is 0 Å². The number of rotatable bonds is 12. The van der Waals surface area contributed by atoms with Crippen molar-refractivity contribution in [2.45, 2.75) is 13.0 Å². The Labute approximate surface area is 209 Å². The van der Waals surface area contributed by atoms with Gasteiger partial charge in [-0.25, -0.2) is 9.07 Å². The number of aryl methyl sites for hydroxylation is 1. The van der Waals surface area contributed by atoms with Crippen LogP contribution in [-0.4, -0.2) is 59.5 Å². The van der Waals surface area contributed by atoms with Crippen molar-refractivity contribution < 1.29 is 23.7 Å².